The number of nitrogens with zero attached hydrogens (tertiary/aromatic N) is 5. The summed E-state index contributed by atoms with van der Waals surface area (Å²) in [5, 5.41) is 21.6. The van der Waals surface area contributed by atoms with Crippen molar-refractivity contribution >= 4 is 17.5 Å². The Bertz CT molecular complexity index is 1440. The number of halogens is 1. The molecule has 1 N–H and O–H groups in total. The number of benzene rings is 1. The minimum absolute atomic E-state index is 0.0188. The molecule has 1 aliphatic heterocycles. The van der Waals surface area contributed by atoms with Gasteiger partial charge in [0.1, 0.15) is 5.82 Å². The number of aryl methyl sites for hydroxylation is 1. The number of amides is 1. The Morgan fingerprint density at radius 1 is 1.26 bits per heavy atom. The molecule has 0 radical (unpaired) electrons. The molecular weight excluding hydrogens is 502 g/mol. The maximum Gasteiger partial charge on any atom is 0.289 e. The van der Waals surface area contributed by atoms with Gasteiger partial charge in [-0.05, 0) is 61.4 Å². The number of hydrogen-bond acceptors (Lipinski definition) is 6. The maximum atomic E-state index is 13.7. The van der Waals surface area contributed by atoms with E-state index in [1.807, 2.05) is 31.2 Å². The zero-order chi connectivity index (χ0) is 26.8. The van der Waals surface area contributed by atoms with Crippen LogP contribution in [-0.4, -0.2) is 43.5 Å². The van der Waals surface area contributed by atoms with Crippen molar-refractivity contribution in [3.63, 3.8) is 0 Å². The Morgan fingerprint density at radius 2 is 2.08 bits per heavy atom. The van der Waals surface area contributed by atoms with Crippen molar-refractivity contribution in [1.29, 1.82) is 5.26 Å². The van der Waals surface area contributed by atoms with E-state index in [1.165, 1.54) is 0 Å². The maximum absolute atomic E-state index is 13.7. The predicted molar refractivity (Wildman–Crippen MR) is 143 cm³/mol. The first kappa shape index (κ1) is 25.9. The van der Waals surface area contributed by atoms with Gasteiger partial charge in [-0.15, -0.1) is 0 Å². The van der Waals surface area contributed by atoms with Gasteiger partial charge in [-0.2, -0.15) is 10.2 Å². The first-order valence-corrected chi connectivity index (χ1v) is 13.5. The highest BCUT2D eigenvalue weighted by Gasteiger charge is 2.39. The Labute approximate surface area is 226 Å². The lowest BCUT2D eigenvalue weighted by Crippen LogP contribution is -2.36. The second-order valence-electron chi connectivity index (χ2n) is 10.2. The molecule has 2 aliphatic rings. The normalized spacial score (nSPS) is 17.8. The molecule has 5 rings (SSSR count). The van der Waals surface area contributed by atoms with Crippen LogP contribution >= 0.6 is 11.6 Å². The van der Waals surface area contributed by atoms with E-state index in [9.17, 15) is 20.0 Å². The molecule has 0 spiro atoms. The number of rotatable bonds is 8. The summed E-state index contributed by atoms with van der Waals surface area (Å²) in [6.45, 7) is 2.88. The Kier molecular flexibility index (Phi) is 7.48. The molecule has 2 atom stereocenters. The lowest BCUT2D eigenvalue weighted by Gasteiger charge is -2.27. The van der Waals surface area contributed by atoms with Crippen molar-refractivity contribution in [2.75, 3.05) is 13.1 Å². The second-order valence-corrected chi connectivity index (χ2v) is 10.6. The highest BCUT2D eigenvalue weighted by atomic mass is 35.5. The summed E-state index contributed by atoms with van der Waals surface area (Å²) in [5.74, 6) is -0.157. The second kappa shape index (κ2) is 11.0. The fraction of sp³-hybridized carbons (Fsp3) is 0.414. The van der Waals surface area contributed by atoms with Crippen LogP contribution in [0.5, 0.6) is 5.88 Å². The zero-order valence-electron chi connectivity index (χ0n) is 21.3. The molecule has 3 heterocycles. The summed E-state index contributed by atoms with van der Waals surface area (Å²) in [4.78, 5) is 37.2. The molecule has 1 unspecified atom stereocenters. The summed E-state index contributed by atoms with van der Waals surface area (Å²) in [6, 6.07) is 12.8. The molecule has 3 aromatic rings. The Hall–Kier alpha value is -3.70. The van der Waals surface area contributed by atoms with Crippen molar-refractivity contribution in [2.45, 2.75) is 57.4 Å². The van der Waals surface area contributed by atoms with Gasteiger partial charge < -0.3 is 10.0 Å². The van der Waals surface area contributed by atoms with Gasteiger partial charge >= 0.3 is 0 Å². The number of nitriles is 1. The number of aromatic nitrogens is 3. The number of pyridine rings is 1. The van der Waals surface area contributed by atoms with E-state index in [2.05, 4.69) is 16.0 Å². The Morgan fingerprint density at radius 3 is 2.76 bits per heavy atom. The average molecular weight is 532 g/mol. The fourth-order valence-electron chi connectivity index (χ4n) is 5.37. The highest BCUT2D eigenvalue weighted by Crippen LogP contribution is 2.46. The smallest absolute Gasteiger partial charge is 0.289 e. The molecule has 1 saturated carbocycles. The van der Waals surface area contributed by atoms with Crippen molar-refractivity contribution < 1.29 is 9.90 Å². The van der Waals surface area contributed by atoms with Crippen LogP contribution < -0.4 is 5.56 Å². The number of unbranched alkanes of at least 4 members (excludes halogenated alkanes) is 1. The van der Waals surface area contributed by atoms with E-state index in [0.29, 0.717) is 42.3 Å². The van der Waals surface area contributed by atoms with E-state index in [1.54, 1.807) is 27.8 Å². The van der Waals surface area contributed by atoms with Gasteiger partial charge in [-0.1, -0.05) is 37.1 Å². The van der Waals surface area contributed by atoms with Gasteiger partial charge in [0.15, 0.2) is 5.56 Å². The van der Waals surface area contributed by atoms with Crippen LogP contribution in [0.3, 0.4) is 0 Å². The molecule has 2 aromatic heterocycles. The summed E-state index contributed by atoms with van der Waals surface area (Å²) < 4.78 is 1.69. The first-order chi connectivity index (χ1) is 18.4. The topological polar surface area (TPSA) is 112 Å². The molecule has 8 nitrogen and oxygen atoms in total. The third-order valence-electron chi connectivity index (χ3n) is 7.49. The molecule has 9 heteroatoms. The number of hydrogen-bond donors (Lipinski definition) is 1. The molecule has 1 aromatic carbocycles. The van der Waals surface area contributed by atoms with Crippen molar-refractivity contribution in [2.24, 2.45) is 5.92 Å². The molecule has 196 valence electrons. The average Bonchev–Trinajstić information content (AvgIpc) is 3.64. The van der Waals surface area contributed by atoms with Gasteiger partial charge in [-0.3, -0.25) is 19.1 Å². The lowest BCUT2D eigenvalue weighted by molar-refractivity contribution is 0.0783. The van der Waals surface area contributed by atoms with E-state index in [0.717, 1.165) is 36.9 Å². The lowest BCUT2D eigenvalue weighted by atomic mass is 9.99. The van der Waals surface area contributed by atoms with Crippen LogP contribution in [0.4, 0.5) is 0 Å². The van der Waals surface area contributed by atoms with Crippen LogP contribution in [0, 0.1) is 17.2 Å². The molecule has 2 fully saturated rings. The predicted octanol–water partition coefficient (Wildman–Crippen LogP) is 4.84. The highest BCUT2D eigenvalue weighted by molar-refractivity contribution is 6.30. The molecule has 1 saturated heterocycles. The standard InChI is InChI=1S/C29H30ClN5O3/c1-2-3-7-24-33-27(36)25(28(37)34-13-12-21(17-34)23-11-10-22(30)16-32-23)29(38)35(24)26(19-8-9-19)20-6-4-5-18(14-20)15-31/h4-6,10-11,14,16,19,21,26,38H,2-3,7-9,12-13,17H2,1H3/t21?,26-/m1/s1. The van der Waals surface area contributed by atoms with Crippen LogP contribution in [0.15, 0.2) is 47.4 Å². The van der Waals surface area contributed by atoms with Crippen LogP contribution in [0.2, 0.25) is 5.02 Å². The number of likely N-dealkylation sites (tertiary alicyclic amines) is 1. The molecule has 1 aliphatic carbocycles. The molecule has 38 heavy (non-hydrogen) atoms. The minimum Gasteiger partial charge on any atom is -0.494 e. The van der Waals surface area contributed by atoms with E-state index in [4.69, 9.17) is 11.6 Å². The van der Waals surface area contributed by atoms with Crippen molar-refractivity contribution in [3.05, 3.63) is 86.2 Å². The van der Waals surface area contributed by atoms with Gasteiger partial charge in [0.2, 0.25) is 5.88 Å². The van der Waals surface area contributed by atoms with E-state index < -0.39 is 11.5 Å². The summed E-state index contributed by atoms with van der Waals surface area (Å²) in [6.07, 6.45) is 6.37. The fourth-order valence-corrected chi connectivity index (χ4v) is 5.48. The largest absolute Gasteiger partial charge is 0.494 e. The van der Waals surface area contributed by atoms with Gasteiger partial charge in [0.05, 0.1) is 22.7 Å². The summed E-state index contributed by atoms with van der Waals surface area (Å²) in [7, 11) is 0. The SMILES string of the molecule is CCCCc1nc(=O)c(C(=O)N2CCC(c3ccc(Cl)cn3)C2)c(O)n1[C@@H](c1cccc(C#N)c1)C1CC1. The summed E-state index contributed by atoms with van der Waals surface area (Å²) in [5.41, 5.74) is 1.22. The van der Waals surface area contributed by atoms with Crippen molar-refractivity contribution in [1.82, 2.24) is 19.4 Å². The van der Waals surface area contributed by atoms with Crippen molar-refractivity contribution in [3.8, 4) is 11.9 Å². The quantitative estimate of drug-likeness (QED) is 0.445. The zero-order valence-corrected chi connectivity index (χ0v) is 22.1. The van der Waals surface area contributed by atoms with Crippen LogP contribution in [0.25, 0.3) is 0 Å². The first-order valence-electron chi connectivity index (χ1n) is 13.2. The number of aromatic hydroxyl groups is 1. The molecular formula is C29H30ClN5O3. The molecule has 0 bridgehead atoms. The summed E-state index contributed by atoms with van der Waals surface area (Å²) >= 11 is 5.97. The van der Waals surface area contributed by atoms with E-state index in [-0.39, 0.29) is 29.3 Å². The Balaban J connectivity index is 1.54. The van der Waals surface area contributed by atoms with Crippen LogP contribution in [0.1, 0.15) is 84.0 Å². The third-order valence-corrected chi connectivity index (χ3v) is 7.71. The van der Waals surface area contributed by atoms with Gasteiger partial charge in [0, 0.05) is 37.3 Å². The minimum atomic E-state index is -0.705. The van der Waals surface area contributed by atoms with Crippen LogP contribution in [-0.2, 0) is 6.42 Å². The number of carbonyl (C=O) groups excluding carboxylic acids is 1. The third kappa shape index (κ3) is 5.16. The molecule has 1 amide bonds. The van der Waals surface area contributed by atoms with Gasteiger partial charge in [-0.25, -0.2) is 0 Å². The number of carbonyl (C=O) groups is 1. The monoisotopic (exact) mass is 531 g/mol. The van der Waals surface area contributed by atoms with E-state index >= 15 is 0 Å². The van der Waals surface area contributed by atoms with Gasteiger partial charge in [0.25, 0.3) is 11.5 Å².